The molecule has 1 aliphatic rings. The molecule has 0 spiro atoms. The lowest BCUT2D eigenvalue weighted by Crippen LogP contribution is -2.32. The van der Waals surface area contributed by atoms with Crippen LogP contribution in [-0.2, 0) is 6.54 Å². The molecule has 1 heterocycles. The monoisotopic (exact) mass is 255 g/mol. The molecule has 4 nitrogen and oxygen atoms in total. The van der Waals surface area contributed by atoms with Gasteiger partial charge in [-0.05, 0) is 25.0 Å². The van der Waals surface area contributed by atoms with E-state index < -0.39 is 0 Å². The first kappa shape index (κ1) is 13.9. The molecule has 0 unspecified atom stereocenters. The van der Waals surface area contributed by atoms with E-state index in [4.69, 9.17) is 5.73 Å². The van der Waals surface area contributed by atoms with Crippen LogP contribution in [0.4, 0.5) is 0 Å². The third kappa shape index (κ3) is 3.68. The number of nitrogens with zero attached hydrogens (tertiary/aromatic N) is 1. The molecule has 94 valence electrons. The molecule has 1 aromatic rings. The first-order chi connectivity index (χ1) is 7.79. The molecule has 0 saturated heterocycles. The number of pyridine rings is 1. The molecule has 0 aromatic carbocycles. The summed E-state index contributed by atoms with van der Waals surface area (Å²) < 4.78 is 0. The van der Waals surface area contributed by atoms with Gasteiger partial charge in [-0.15, -0.1) is 12.4 Å². The van der Waals surface area contributed by atoms with E-state index in [9.17, 15) is 4.79 Å². The molecule has 1 fully saturated rings. The second-order valence-corrected chi connectivity index (χ2v) is 4.19. The van der Waals surface area contributed by atoms with E-state index >= 15 is 0 Å². The van der Waals surface area contributed by atoms with E-state index in [1.165, 1.54) is 12.8 Å². The van der Waals surface area contributed by atoms with Gasteiger partial charge in [0.25, 0.3) is 5.91 Å². The Morgan fingerprint density at radius 1 is 1.47 bits per heavy atom. The van der Waals surface area contributed by atoms with Crippen molar-refractivity contribution in [3.05, 3.63) is 29.6 Å². The van der Waals surface area contributed by atoms with Crippen molar-refractivity contribution in [2.45, 2.75) is 38.3 Å². The lowest BCUT2D eigenvalue weighted by Gasteiger charge is -2.11. The van der Waals surface area contributed by atoms with Crippen molar-refractivity contribution in [3.63, 3.8) is 0 Å². The van der Waals surface area contributed by atoms with Crippen molar-refractivity contribution in [2.75, 3.05) is 0 Å². The molecule has 1 amide bonds. The molecule has 1 aliphatic carbocycles. The number of carbonyl (C=O) groups excluding carboxylic acids is 1. The highest BCUT2D eigenvalue weighted by Gasteiger charge is 2.17. The lowest BCUT2D eigenvalue weighted by atomic mass is 10.2. The summed E-state index contributed by atoms with van der Waals surface area (Å²) in [6, 6.07) is 3.83. The van der Waals surface area contributed by atoms with Crippen molar-refractivity contribution in [2.24, 2.45) is 5.73 Å². The molecule has 0 atom stereocenters. The summed E-state index contributed by atoms with van der Waals surface area (Å²) >= 11 is 0. The Bertz CT molecular complexity index is 378. The number of halogens is 1. The van der Waals surface area contributed by atoms with Crippen LogP contribution >= 0.6 is 12.4 Å². The van der Waals surface area contributed by atoms with E-state index in [0.29, 0.717) is 18.2 Å². The minimum absolute atomic E-state index is 0. The van der Waals surface area contributed by atoms with Crippen LogP contribution in [0.3, 0.4) is 0 Å². The third-order valence-corrected chi connectivity index (χ3v) is 2.98. The lowest BCUT2D eigenvalue weighted by molar-refractivity contribution is 0.0937. The summed E-state index contributed by atoms with van der Waals surface area (Å²) in [4.78, 5) is 16.0. The Hall–Kier alpha value is -1.13. The maximum absolute atomic E-state index is 11.9. The largest absolute Gasteiger partial charge is 0.349 e. The summed E-state index contributed by atoms with van der Waals surface area (Å²) in [6.45, 7) is 0.366. The van der Waals surface area contributed by atoms with Crippen LogP contribution in [0.5, 0.6) is 0 Å². The standard InChI is InChI=1S/C12H17N3O.ClH/c13-8-11-7-9(5-6-14-11)12(16)15-10-3-1-2-4-10;/h5-7,10H,1-4,8,13H2,(H,15,16);1H. The van der Waals surface area contributed by atoms with Gasteiger partial charge in [-0.25, -0.2) is 0 Å². The van der Waals surface area contributed by atoms with Crippen molar-refractivity contribution >= 4 is 18.3 Å². The van der Waals surface area contributed by atoms with Crippen LogP contribution in [0.15, 0.2) is 18.3 Å². The smallest absolute Gasteiger partial charge is 0.251 e. The van der Waals surface area contributed by atoms with Gasteiger partial charge in [-0.3, -0.25) is 9.78 Å². The zero-order chi connectivity index (χ0) is 11.4. The number of nitrogens with one attached hydrogen (secondary N) is 1. The highest BCUT2D eigenvalue weighted by atomic mass is 35.5. The molecule has 0 radical (unpaired) electrons. The highest BCUT2D eigenvalue weighted by molar-refractivity contribution is 5.94. The maximum atomic E-state index is 11.9. The predicted molar refractivity (Wildman–Crippen MR) is 69.1 cm³/mol. The number of carbonyl (C=O) groups is 1. The van der Waals surface area contributed by atoms with Gasteiger partial charge in [0.1, 0.15) is 0 Å². The van der Waals surface area contributed by atoms with Crippen molar-refractivity contribution < 1.29 is 4.79 Å². The van der Waals surface area contributed by atoms with Gasteiger partial charge in [0.05, 0.1) is 5.69 Å². The summed E-state index contributed by atoms with van der Waals surface area (Å²) in [5.74, 6) is -0.0102. The fourth-order valence-electron chi connectivity index (χ4n) is 2.07. The zero-order valence-corrected chi connectivity index (χ0v) is 10.5. The summed E-state index contributed by atoms with van der Waals surface area (Å²) in [5, 5.41) is 3.04. The van der Waals surface area contributed by atoms with Crippen molar-refractivity contribution in [1.82, 2.24) is 10.3 Å². The number of rotatable bonds is 3. The SMILES string of the molecule is Cl.NCc1cc(C(=O)NC2CCCC2)ccn1. The average Bonchev–Trinajstić information content (AvgIpc) is 2.82. The topological polar surface area (TPSA) is 68.0 Å². The van der Waals surface area contributed by atoms with Crippen molar-refractivity contribution in [3.8, 4) is 0 Å². The molecule has 2 rings (SSSR count). The second kappa shape index (κ2) is 6.57. The Kier molecular flexibility index (Phi) is 5.38. The quantitative estimate of drug-likeness (QED) is 0.863. The number of aromatic nitrogens is 1. The average molecular weight is 256 g/mol. The van der Waals surface area contributed by atoms with E-state index in [1.807, 2.05) is 0 Å². The van der Waals surface area contributed by atoms with Gasteiger partial charge in [-0.2, -0.15) is 0 Å². The van der Waals surface area contributed by atoms with Gasteiger partial charge >= 0.3 is 0 Å². The summed E-state index contributed by atoms with van der Waals surface area (Å²) in [7, 11) is 0. The molecule has 5 heteroatoms. The first-order valence-corrected chi connectivity index (χ1v) is 5.75. The van der Waals surface area contributed by atoms with Crippen LogP contribution in [-0.4, -0.2) is 16.9 Å². The van der Waals surface area contributed by atoms with Gasteiger partial charge in [0, 0.05) is 24.3 Å². The van der Waals surface area contributed by atoms with Crippen LogP contribution in [0, 0.1) is 0 Å². The molecule has 0 bridgehead atoms. The molecule has 1 aromatic heterocycles. The van der Waals surface area contributed by atoms with Crippen LogP contribution in [0.1, 0.15) is 41.7 Å². The number of hydrogen-bond donors (Lipinski definition) is 2. The van der Waals surface area contributed by atoms with E-state index in [1.54, 1.807) is 18.3 Å². The second-order valence-electron chi connectivity index (χ2n) is 4.19. The van der Waals surface area contributed by atoms with Gasteiger partial charge in [0.15, 0.2) is 0 Å². The van der Waals surface area contributed by atoms with Gasteiger partial charge in [-0.1, -0.05) is 12.8 Å². The van der Waals surface area contributed by atoms with Gasteiger partial charge in [0.2, 0.25) is 0 Å². The maximum Gasteiger partial charge on any atom is 0.251 e. The Labute approximate surface area is 107 Å². The minimum atomic E-state index is -0.0102. The Balaban J connectivity index is 0.00000144. The number of hydrogen-bond acceptors (Lipinski definition) is 3. The molecular formula is C12H18ClN3O. The molecule has 17 heavy (non-hydrogen) atoms. The molecule has 0 aliphatic heterocycles. The fourth-order valence-corrected chi connectivity index (χ4v) is 2.07. The summed E-state index contributed by atoms with van der Waals surface area (Å²) in [6.07, 6.45) is 6.26. The Morgan fingerprint density at radius 2 is 2.18 bits per heavy atom. The van der Waals surface area contributed by atoms with Crippen LogP contribution < -0.4 is 11.1 Å². The molecule has 1 saturated carbocycles. The first-order valence-electron chi connectivity index (χ1n) is 5.75. The predicted octanol–water partition coefficient (Wildman–Crippen LogP) is 1.63. The van der Waals surface area contributed by atoms with Crippen molar-refractivity contribution in [1.29, 1.82) is 0 Å². The molecular weight excluding hydrogens is 238 g/mol. The van der Waals surface area contributed by atoms with E-state index in [2.05, 4.69) is 10.3 Å². The van der Waals surface area contributed by atoms with Crippen LogP contribution in [0.25, 0.3) is 0 Å². The highest BCUT2D eigenvalue weighted by Crippen LogP contribution is 2.18. The fraction of sp³-hybridized carbons (Fsp3) is 0.500. The third-order valence-electron chi connectivity index (χ3n) is 2.98. The zero-order valence-electron chi connectivity index (χ0n) is 9.69. The van der Waals surface area contributed by atoms with E-state index in [-0.39, 0.29) is 18.3 Å². The summed E-state index contributed by atoms with van der Waals surface area (Å²) in [5.41, 5.74) is 6.89. The number of amides is 1. The van der Waals surface area contributed by atoms with Crippen LogP contribution in [0.2, 0.25) is 0 Å². The number of nitrogens with two attached hydrogens (primary N) is 1. The minimum Gasteiger partial charge on any atom is -0.349 e. The van der Waals surface area contributed by atoms with Gasteiger partial charge < -0.3 is 11.1 Å². The molecule has 3 N–H and O–H groups in total. The Morgan fingerprint density at radius 3 is 2.82 bits per heavy atom. The normalized spacial score (nSPS) is 15.4. The van der Waals surface area contributed by atoms with E-state index in [0.717, 1.165) is 18.5 Å².